The van der Waals surface area contributed by atoms with Crippen LogP contribution < -0.4 is 0 Å². The van der Waals surface area contributed by atoms with Gasteiger partial charge in [-0.1, -0.05) is 24.3 Å². The van der Waals surface area contributed by atoms with Crippen LogP contribution in [-0.2, 0) is 11.0 Å². The molecule has 0 aliphatic heterocycles. The third-order valence-corrected chi connectivity index (χ3v) is 3.26. The van der Waals surface area contributed by atoms with Gasteiger partial charge in [-0.2, -0.15) is 13.2 Å². The van der Waals surface area contributed by atoms with Crippen LogP contribution in [0.5, 0.6) is 0 Å². The minimum Gasteiger partial charge on any atom is -0.478 e. The number of aryl methyl sites for hydroxylation is 1. The molecule has 0 bridgehead atoms. The van der Waals surface area contributed by atoms with Gasteiger partial charge in [0.2, 0.25) is 0 Å². The summed E-state index contributed by atoms with van der Waals surface area (Å²) in [4.78, 5) is 11.4. The van der Waals surface area contributed by atoms with Crippen LogP contribution in [0.25, 0.3) is 11.6 Å². The topological polar surface area (TPSA) is 37.3 Å². The van der Waals surface area contributed by atoms with Gasteiger partial charge in [0, 0.05) is 0 Å². The highest BCUT2D eigenvalue weighted by Gasteiger charge is 2.29. The first kappa shape index (κ1) is 16.7. The third-order valence-electron chi connectivity index (χ3n) is 3.26. The van der Waals surface area contributed by atoms with E-state index in [2.05, 4.69) is 0 Å². The second kappa shape index (κ2) is 6.24. The highest BCUT2D eigenvalue weighted by molar-refractivity contribution is 6.20. The molecule has 120 valence electrons. The van der Waals surface area contributed by atoms with Crippen LogP contribution >= 0.6 is 0 Å². The molecule has 6 heteroatoms. The molecule has 2 nitrogen and oxygen atoms in total. The van der Waals surface area contributed by atoms with Crippen molar-refractivity contribution in [2.75, 3.05) is 0 Å². The number of carboxylic acids is 1. The number of rotatable bonds is 3. The van der Waals surface area contributed by atoms with E-state index in [-0.39, 0.29) is 16.7 Å². The molecule has 0 amide bonds. The van der Waals surface area contributed by atoms with Gasteiger partial charge < -0.3 is 5.11 Å². The average molecular weight is 324 g/mol. The number of carbonyl (C=O) groups is 1. The van der Waals surface area contributed by atoms with Crippen LogP contribution in [0.3, 0.4) is 0 Å². The van der Waals surface area contributed by atoms with Gasteiger partial charge in [0.05, 0.1) is 11.1 Å². The molecular weight excluding hydrogens is 312 g/mol. The number of alkyl halides is 3. The van der Waals surface area contributed by atoms with Gasteiger partial charge in [-0.3, -0.25) is 0 Å². The second-order valence-electron chi connectivity index (χ2n) is 4.95. The molecular formula is C17H12F4O2. The number of halogens is 4. The number of aliphatic carboxylic acids is 1. The fourth-order valence-corrected chi connectivity index (χ4v) is 1.96. The molecule has 0 aromatic heterocycles. The van der Waals surface area contributed by atoms with Gasteiger partial charge in [-0.05, 0) is 47.9 Å². The first-order chi connectivity index (χ1) is 10.7. The summed E-state index contributed by atoms with van der Waals surface area (Å²) < 4.78 is 51.1. The van der Waals surface area contributed by atoms with Crippen molar-refractivity contribution in [3.63, 3.8) is 0 Å². The summed E-state index contributed by atoms with van der Waals surface area (Å²) in [5.41, 5.74) is -0.249. The van der Waals surface area contributed by atoms with Crippen LogP contribution in [0, 0.1) is 12.7 Å². The summed E-state index contributed by atoms with van der Waals surface area (Å²) in [6.07, 6.45) is -3.26. The minimum absolute atomic E-state index is 0.139. The molecule has 0 aliphatic carbocycles. The molecule has 0 heterocycles. The Hall–Kier alpha value is -2.63. The van der Waals surface area contributed by atoms with Crippen LogP contribution in [0.1, 0.15) is 22.3 Å². The Balaban J connectivity index is 2.43. The number of carboxylic acid groups (broad SMARTS) is 1. The van der Waals surface area contributed by atoms with Crippen LogP contribution in [0.15, 0.2) is 42.5 Å². The highest BCUT2D eigenvalue weighted by atomic mass is 19.4. The summed E-state index contributed by atoms with van der Waals surface area (Å²) in [5, 5.41) is 9.26. The number of hydrogen-bond donors (Lipinski definition) is 1. The van der Waals surface area contributed by atoms with Crippen molar-refractivity contribution in [2.24, 2.45) is 0 Å². The Kier molecular flexibility index (Phi) is 4.54. The maximum absolute atomic E-state index is 13.6. The largest absolute Gasteiger partial charge is 0.478 e. The van der Waals surface area contributed by atoms with E-state index in [0.717, 1.165) is 30.3 Å². The van der Waals surface area contributed by atoms with Crippen molar-refractivity contribution in [2.45, 2.75) is 13.1 Å². The zero-order valence-electron chi connectivity index (χ0n) is 12.0. The lowest BCUT2D eigenvalue weighted by Crippen LogP contribution is -2.04. The maximum Gasteiger partial charge on any atom is 0.416 e. The van der Waals surface area contributed by atoms with E-state index in [1.807, 2.05) is 0 Å². The van der Waals surface area contributed by atoms with E-state index in [4.69, 9.17) is 0 Å². The standard InChI is InChI=1S/C17H12F4O2/c1-10-2-5-12(9-15(10)18)14(16(22)23)8-11-3-6-13(7-4-11)17(19,20)21/h2-9H,1H3,(H,22,23)/b14-8-. The van der Waals surface area contributed by atoms with Crippen LogP contribution in [-0.4, -0.2) is 11.1 Å². The fraction of sp³-hybridized carbons (Fsp3) is 0.118. The van der Waals surface area contributed by atoms with Gasteiger partial charge in [0.15, 0.2) is 0 Å². The summed E-state index contributed by atoms with van der Waals surface area (Å²) in [7, 11) is 0. The first-order valence-electron chi connectivity index (χ1n) is 6.57. The predicted octanol–water partition coefficient (Wildman–Crippen LogP) is 4.78. The average Bonchev–Trinajstić information content (AvgIpc) is 2.47. The Bertz CT molecular complexity index is 759. The molecule has 0 spiro atoms. The van der Waals surface area contributed by atoms with Crippen molar-refractivity contribution in [3.05, 3.63) is 70.5 Å². The molecule has 0 radical (unpaired) electrons. The van der Waals surface area contributed by atoms with Crippen molar-refractivity contribution in [1.82, 2.24) is 0 Å². The normalized spacial score (nSPS) is 12.3. The monoisotopic (exact) mass is 324 g/mol. The Morgan fingerprint density at radius 1 is 1.09 bits per heavy atom. The molecule has 0 unspecified atom stereocenters. The van der Waals surface area contributed by atoms with E-state index < -0.39 is 23.5 Å². The Labute approximate surface area is 129 Å². The zero-order valence-corrected chi connectivity index (χ0v) is 12.0. The van der Waals surface area contributed by atoms with E-state index >= 15 is 0 Å². The van der Waals surface area contributed by atoms with Gasteiger partial charge in [0.1, 0.15) is 5.82 Å². The molecule has 0 saturated heterocycles. The van der Waals surface area contributed by atoms with E-state index in [0.29, 0.717) is 5.56 Å². The zero-order chi connectivity index (χ0) is 17.2. The van der Waals surface area contributed by atoms with Crippen molar-refractivity contribution >= 4 is 17.6 Å². The summed E-state index contributed by atoms with van der Waals surface area (Å²) in [5.74, 6) is -1.85. The first-order valence-corrected chi connectivity index (χ1v) is 6.57. The summed E-state index contributed by atoms with van der Waals surface area (Å²) in [6.45, 7) is 1.54. The minimum atomic E-state index is -4.46. The SMILES string of the molecule is Cc1ccc(/C(=C/c2ccc(C(F)(F)F)cc2)C(=O)O)cc1F. The van der Waals surface area contributed by atoms with Gasteiger partial charge in [-0.25, -0.2) is 9.18 Å². The van der Waals surface area contributed by atoms with Gasteiger partial charge >= 0.3 is 12.1 Å². The van der Waals surface area contributed by atoms with E-state index in [9.17, 15) is 27.5 Å². The molecule has 0 fully saturated rings. The molecule has 23 heavy (non-hydrogen) atoms. The molecule has 0 atom stereocenters. The quantitative estimate of drug-likeness (QED) is 0.501. The molecule has 0 saturated carbocycles. The van der Waals surface area contributed by atoms with Crippen molar-refractivity contribution in [1.29, 1.82) is 0 Å². The van der Waals surface area contributed by atoms with Gasteiger partial charge in [-0.15, -0.1) is 0 Å². The third kappa shape index (κ3) is 3.97. The van der Waals surface area contributed by atoms with E-state index in [1.54, 1.807) is 6.92 Å². The second-order valence-corrected chi connectivity index (χ2v) is 4.95. The Morgan fingerprint density at radius 2 is 1.70 bits per heavy atom. The molecule has 2 aromatic carbocycles. The molecule has 0 aliphatic rings. The fourth-order valence-electron chi connectivity index (χ4n) is 1.96. The van der Waals surface area contributed by atoms with Gasteiger partial charge in [0.25, 0.3) is 0 Å². The predicted molar refractivity (Wildman–Crippen MR) is 78.1 cm³/mol. The lowest BCUT2D eigenvalue weighted by atomic mass is 10.0. The maximum atomic E-state index is 13.6. The molecule has 2 aromatic rings. The van der Waals surface area contributed by atoms with Crippen LogP contribution in [0.4, 0.5) is 17.6 Å². The van der Waals surface area contributed by atoms with Crippen molar-refractivity contribution < 1.29 is 27.5 Å². The lowest BCUT2D eigenvalue weighted by Gasteiger charge is -2.07. The summed E-state index contributed by atoms with van der Waals surface area (Å²) >= 11 is 0. The number of benzene rings is 2. The molecule has 2 rings (SSSR count). The van der Waals surface area contributed by atoms with E-state index in [1.165, 1.54) is 18.2 Å². The summed E-state index contributed by atoms with van der Waals surface area (Å²) in [6, 6.07) is 8.02. The van der Waals surface area contributed by atoms with Crippen molar-refractivity contribution in [3.8, 4) is 0 Å². The van der Waals surface area contributed by atoms with Crippen LogP contribution in [0.2, 0.25) is 0 Å². The molecule has 1 N–H and O–H groups in total. The Morgan fingerprint density at radius 3 is 2.17 bits per heavy atom. The smallest absolute Gasteiger partial charge is 0.416 e. The number of hydrogen-bond acceptors (Lipinski definition) is 1. The highest BCUT2D eigenvalue weighted by Crippen LogP contribution is 2.30. The lowest BCUT2D eigenvalue weighted by molar-refractivity contribution is -0.137.